The smallest absolute Gasteiger partial charge is 0.261 e. The standard InChI is InChI=1S/C22H27BrN2O2S/c1-4-5-6-7-12-27-20-11-10-17(23)14-18(20)21(26)25-22(28)24-19-13-15(2)8-9-16(19)3/h8-11,13-14H,4-7,12H2,1-3H3,(H2,24,25,26,28). The number of anilines is 1. The molecule has 0 radical (unpaired) electrons. The molecule has 2 rings (SSSR count). The van der Waals surface area contributed by atoms with Gasteiger partial charge in [0, 0.05) is 10.2 Å². The molecule has 0 unspecified atom stereocenters. The Morgan fingerprint density at radius 3 is 2.64 bits per heavy atom. The summed E-state index contributed by atoms with van der Waals surface area (Å²) in [6.45, 7) is 6.77. The van der Waals surface area contributed by atoms with Crippen LogP contribution in [0.1, 0.15) is 54.1 Å². The molecule has 0 aliphatic rings. The molecule has 0 aromatic heterocycles. The van der Waals surface area contributed by atoms with Crippen molar-refractivity contribution in [2.24, 2.45) is 0 Å². The number of carbonyl (C=O) groups excluding carboxylic acids is 1. The molecule has 0 saturated heterocycles. The lowest BCUT2D eigenvalue weighted by Crippen LogP contribution is -2.34. The zero-order valence-electron chi connectivity index (χ0n) is 16.6. The average Bonchev–Trinajstić information content (AvgIpc) is 2.65. The van der Waals surface area contributed by atoms with Crippen molar-refractivity contribution in [3.05, 3.63) is 57.6 Å². The second-order valence-electron chi connectivity index (χ2n) is 6.78. The number of rotatable bonds is 8. The van der Waals surface area contributed by atoms with E-state index in [0.717, 1.165) is 34.1 Å². The molecule has 0 fully saturated rings. The number of nitrogens with one attached hydrogen (secondary N) is 2. The van der Waals surface area contributed by atoms with Crippen molar-refractivity contribution in [1.82, 2.24) is 5.32 Å². The topological polar surface area (TPSA) is 50.4 Å². The third kappa shape index (κ3) is 6.91. The fourth-order valence-corrected chi connectivity index (χ4v) is 3.27. The summed E-state index contributed by atoms with van der Waals surface area (Å²) in [5, 5.41) is 6.11. The van der Waals surface area contributed by atoms with Crippen LogP contribution in [0.2, 0.25) is 0 Å². The summed E-state index contributed by atoms with van der Waals surface area (Å²) >= 11 is 8.75. The van der Waals surface area contributed by atoms with Gasteiger partial charge in [0.15, 0.2) is 5.11 Å². The monoisotopic (exact) mass is 462 g/mol. The largest absolute Gasteiger partial charge is 0.493 e. The van der Waals surface area contributed by atoms with Crippen LogP contribution in [0.4, 0.5) is 5.69 Å². The van der Waals surface area contributed by atoms with E-state index in [9.17, 15) is 4.79 Å². The van der Waals surface area contributed by atoms with Gasteiger partial charge >= 0.3 is 0 Å². The van der Waals surface area contributed by atoms with Crippen molar-refractivity contribution in [2.75, 3.05) is 11.9 Å². The molecule has 28 heavy (non-hydrogen) atoms. The van der Waals surface area contributed by atoms with Crippen LogP contribution < -0.4 is 15.4 Å². The number of benzene rings is 2. The number of carbonyl (C=O) groups is 1. The molecule has 0 aliphatic carbocycles. The van der Waals surface area contributed by atoms with Gasteiger partial charge < -0.3 is 10.1 Å². The molecule has 0 heterocycles. The van der Waals surface area contributed by atoms with Gasteiger partial charge in [0.05, 0.1) is 12.2 Å². The highest BCUT2D eigenvalue weighted by atomic mass is 79.9. The first kappa shape index (κ1) is 22.4. The van der Waals surface area contributed by atoms with Crippen molar-refractivity contribution in [1.29, 1.82) is 0 Å². The van der Waals surface area contributed by atoms with Crippen LogP contribution in [-0.4, -0.2) is 17.6 Å². The first-order valence-corrected chi connectivity index (χ1v) is 10.7. The van der Waals surface area contributed by atoms with Gasteiger partial charge in [-0.15, -0.1) is 0 Å². The van der Waals surface area contributed by atoms with Crippen LogP contribution in [0, 0.1) is 13.8 Å². The summed E-state index contributed by atoms with van der Waals surface area (Å²) in [5.74, 6) is 0.263. The van der Waals surface area contributed by atoms with Crippen molar-refractivity contribution < 1.29 is 9.53 Å². The molecule has 150 valence electrons. The Morgan fingerprint density at radius 2 is 1.89 bits per heavy atom. The molecular weight excluding hydrogens is 436 g/mol. The lowest BCUT2D eigenvalue weighted by Gasteiger charge is -2.15. The second kappa shape index (κ2) is 11.2. The van der Waals surface area contributed by atoms with Gasteiger partial charge in [0.1, 0.15) is 5.75 Å². The molecule has 0 aliphatic heterocycles. The van der Waals surface area contributed by atoms with E-state index < -0.39 is 0 Å². The van der Waals surface area contributed by atoms with Gasteiger partial charge in [-0.1, -0.05) is 54.2 Å². The first-order chi connectivity index (χ1) is 13.4. The van der Waals surface area contributed by atoms with Crippen LogP contribution in [0.15, 0.2) is 40.9 Å². The Hall–Kier alpha value is -1.92. The molecule has 1 amide bonds. The summed E-state index contributed by atoms with van der Waals surface area (Å²) < 4.78 is 6.66. The fraction of sp³-hybridized carbons (Fsp3) is 0.364. The number of thiocarbonyl (C=S) groups is 1. The van der Waals surface area contributed by atoms with E-state index in [-0.39, 0.29) is 11.0 Å². The number of ether oxygens (including phenoxy) is 1. The van der Waals surface area contributed by atoms with E-state index in [1.54, 1.807) is 12.1 Å². The van der Waals surface area contributed by atoms with E-state index in [2.05, 4.69) is 33.5 Å². The minimum atomic E-state index is -0.298. The van der Waals surface area contributed by atoms with Crippen molar-refractivity contribution in [2.45, 2.75) is 46.5 Å². The van der Waals surface area contributed by atoms with E-state index in [1.807, 2.05) is 38.1 Å². The quantitative estimate of drug-likeness (QED) is 0.364. The van der Waals surface area contributed by atoms with E-state index in [0.29, 0.717) is 17.9 Å². The fourth-order valence-electron chi connectivity index (χ4n) is 2.71. The van der Waals surface area contributed by atoms with Gasteiger partial charge in [0.25, 0.3) is 5.91 Å². The Balaban J connectivity index is 2.03. The summed E-state index contributed by atoms with van der Waals surface area (Å²) in [6, 6.07) is 11.5. The van der Waals surface area contributed by atoms with Crippen LogP contribution >= 0.6 is 28.1 Å². The van der Waals surface area contributed by atoms with Gasteiger partial charge in [-0.3, -0.25) is 10.1 Å². The zero-order valence-corrected chi connectivity index (χ0v) is 19.0. The predicted molar refractivity (Wildman–Crippen MR) is 123 cm³/mol. The average molecular weight is 463 g/mol. The number of hydrogen-bond acceptors (Lipinski definition) is 3. The van der Waals surface area contributed by atoms with Gasteiger partial charge in [0.2, 0.25) is 0 Å². The lowest BCUT2D eigenvalue weighted by molar-refractivity contribution is 0.0973. The zero-order chi connectivity index (χ0) is 20.5. The third-order valence-corrected chi connectivity index (χ3v) is 5.01. The highest BCUT2D eigenvalue weighted by molar-refractivity contribution is 9.10. The Labute approximate surface area is 181 Å². The maximum absolute atomic E-state index is 12.8. The lowest BCUT2D eigenvalue weighted by atomic mass is 10.1. The molecule has 6 heteroatoms. The number of aryl methyl sites for hydroxylation is 2. The number of amides is 1. The molecular formula is C22H27BrN2O2S. The maximum Gasteiger partial charge on any atom is 0.261 e. The van der Waals surface area contributed by atoms with Crippen LogP contribution in [0.3, 0.4) is 0 Å². The van der Waals surface area contributed by atoms with Gasteiger partial charge in [-0.05, 0) is 67.9 Å². The molecule has 4 nitrogen and oxygen atoms in total. The predicted octanol–water partition coefficient (Wildman–Crippen LogP) is 6.15. The van der Waals surface area contributed by atoms with Crippen molar-refractivity contribution in [3.8, 4) is 5.75 Å². The minimum absolute atomic E-state index is 0.257. The molecule has 2 aromatic rings. The van der Waals surface area contributed by atoms with Crippen molar-refractivity contribution >= 4 is 44.9 Å². The maximum atomic E-state index is 12.8. The summed E-state index contributed by atoms with van der Waals surface area (Å²) in [5.41, 5.74) is 3.51. The summed E-state index contributed by atoms with van der Waals surface area (Å²) in [7, 11) is 0. The molecule has 2 aromatic carbocycles. The normalized spacial score (nSPS) is 10.4. The second-order valence-corrected chi connectivity index (χ2v) is 8.10. The van der Waals surface area contributed by atoms with Gasteiger partial charge in [-0.2, -0.15) is 0 Å². The molecule has 0 saturated carbocycles. The molecule has 0 bridgehead atoms. The highest BCUT2D eigenvalue weighted by Crippen LogP contribution is 2.24. The van der Waals surface area contributed by atoms with Gasteiger partial charge in [-0.25, -0.2) is 0 Å². The molecule has 0 atom stereocenters. The van der Waals surface area contributed by atoms with E-state index in [4.69, 9.17) is 17.0 Å². The number of halogens is 1. The van der Waals surface area contributed by atoms with Crippen LogP contribution in [-0.2, 0) is 0 Å². The van der Waals surface area contributed by atoms with Crippen molar-refractivity contribution in [3.63, 3.8) is 0 Å². The minimum Gasteiger partial charge on any atom is -0.493 e. The summed E-state index contributed by atoms with van der Waals surface area (Å²) in [4.78, 5) is 12.8. The van der Waals surface area contributed by atoms with Crippen LogP contribution in [0.5, 0.6) is 5.75 Å². The number of hydrogen-bond donors (Lipinski definition) is 2. The third-order valence-electron chi connectivity index (χ3n) is 4.31. The van der Waals surface area contributed by atoms with Crippen LogP contribution in [0.25, 0.3) is 0 Å². The number of unbranched alkanes of at least 4 members (excludes halogenated alkanes) is 3. The van der Waals surface area contributed by atoms with E-state index in [1.165, 1.54) is 12.8 Å². The molecule has 0 spiro atoms. The summed E-state index contributed by atoms with van der Waals surface area (Å²) in [6.07, 6.45) is 4.46. The van der Waals surface area contributed by atoms with E-state index >= 15 is 0 Å². The highest BCUT2D eigenvalue weighted by Gasteiger charge is 2.15. The first-order valence-electron chi connectivity index (χ1n) is 9.52. The Morgan fingerprint density at radius 1 is 1.11 bits per heavy atom. The Kier molecular flexibility index (Phi) is 8.93. The SMILES string of the molecule is CCCCCCOc1ccc(Br)cc1C(=O)NC(=S)Nc1cc(C)ccc1C. The molecule has 2 N–H and O–H groups in total. The Bertz CT molecular complexity index is 839.